The predicted molar refractivity (Wildman–Crippen MR) is 109 cm³/mol. The lowest BCUT2D eigenvalue weighted by Gasteiger charge is -2.14. The highest BCUT2D eigenvalue weighted by Crippen LogP contribution is 2.14. The molecule has 3 rings (SSSR count). The summed E-state index contributed by atoms with van der Waals surface area (Å²) in [4.78, 5) is 13.5. The largest absolute Gasteiger partial charge is 0.469 e. The molecule has 3 aromatic rings. The number of sulfonamides is 1. The van der Waals surface area contributed by atoms with Crippen molar-refractivity contribution < 1.29 is 17.6 Å². The van der Waals surface area contributed by atoms with E-state index in [1.807, 2.05) is 36.6 Å². The van der Waals surface area contributed by atoms with Crippen molar-refractivity contribution in [3.63, 3.8) is 0 Å². The van der Waals surface area contributed by atoms with Gasteiger partial charge in [0.1, 0.15) is 5.76 Å². The van der Waals surface area contributed by atoms with Crippen LogP contribution in [0.5, 0.6) is 0 Å². The summed E-state index contributed by atoms with van der Waals surface area (Å²) in [6.07, 6.45) is 3.06. The van der Waals surface area contributed by atoms with Gasteiger partial charge in [0.25, 0.3) is 5.91 Å². The maximum absolute atomic E-state index is 12.5. The third-order valence-corrected chi connectivity index (χ3v) is 6.48. The van der Waals surface area contributed by atoms with E-state index in [-0.39, 0.29) is 23.4 Å². The van der Waals surface area contributed by atoms with Crippen molar-refractivity contribution in [2.24, 2.45) is 0 Å². The Kier molecular flexibility index (Phi) is 6.66. The van der Waals surface area contributed by atoms with Crippen LogP contribution in [0.4, 0.5) is 0 Å². The van der Waals surface area contributed by atoms with Gasteiger partial charge in [-0.25, -0.2) is 13.1 Å². The number of carbonyl (C=O) groups excluding carboxylic acids is 1. The molecule has 1 amide bonds. The highest BCUT2D eigenvalue weighted by atomic mass is 32.2. The number of hydrogen-bond acceptors (Lipinski definition) is 5. The van der Waals surface area contributed by atoms with Crippen molar-refractivity contribution in [3.05, 3.63) is 76.4 Å². The molecule has 1 aromatic carbocycles. The van der Waals surface area contributed by atoms with Gasteiger partial charge < -0.3 is 9.73 Å². The zero-order valence-corrected chi connectivity index (χ0v) is 17.1. The van der Waals surface area contributed by atoms with Crippen LogP contribution in [0.1, 0.15) is 34.3 Å². The molecule has 1 unspecified atom stereocenters. The molecule has 8 heteroatoms. The van der Waals surface area contributed by atoms with Crippen LogP contribution >= 0.6 is 11.3 Å². The van der Waals surface area contributed by atoms with Gasteiger partial charge in [-0.3, -0.25) is 4.79 Å². The van der Waals surface area contributed by atoms with Gasteiger partial charge in [-0.2, -0.15) is 0 Å². The summed E-state index contributed by atoms with van der Waals surface area (Å²) >= 11 is 1.48. The average molecular weight is 419 g/mol. The molecule has 0 radical (unpaired) electrons. The Balaban J connectivity index is 1.60. The molecule has 0 aliphatic carbocycles. The smallest absolute Gasteiger partial charge is 0.251 e. The number of furan rings is 1. The Morgan fingerprint density at radius 2 is 2.04 bits per heavy atom. The van der Waals surface area contributed by atoms with Crippen molar-refractivity contribution >= 4 is 27.3 Å². The van der Waals surface area contributed by atoms with Gasteiger partial charge in [-0.1, -0.05) is 12.1 Å². The van der Waals surface area contributed by atoms with Gasteiger partial charge in [0.2, 0.25) is 10.0 Å². The van der Waals surface area contributed by atoms with Crippen LogP contribution in [0.2, 0.25) is 0 Å². The van der Waals surface area contributed by atoms with Gasteiger partial charge in [-0.15, -0.1) is 11.3 Å². The minimum atomic E-state index is -3.70. The first-order valence-electron chi connectivity index (χ1n) is 8.89. The number of aryl methyl sites for hydroxylation is 1. The molecule has 0 spiro atoms. The fourth-order valence-electron chi connectivity index (χ4n) is 2.66. The second-order valence-corrected chi connectivity index (χ2v) is 9.22. The SMILES string of the molecule is CC(CCc1ccco1)NC(=O)c1cccc(S(=O)(=O)NCc2cccs2)c1. The summed E-state index contributed by atoms with van der Waals surface area (Å²) in [6.45, 7) is 2.13. The molecule has 6 nitrogen and oxygen atoms in total. The monoisotopic (exact) mass is 418 g/mol. The summed E-state index contributed by atoms with van der Waals surface area (Å²) in [5.41, 5.74) is 0.309. The summed E-state index contributed by atoms with van der Waals surface area (Å²) < 4.78 is 32.9. The van der Waals surface area contributed by atoms with E-state index in [9.17, 15) is 13.2 Å². The fourth-order valence-corrected chi connectivity index (χ4v) is 4.45. The molecule has 0 aliphatic rings. The Morgan fingerprint density at radius 3 is 2.75 bits per heavy atom. The van der Waals surface area contributed by atoms with E-state index in [0.717, 1.165) is 23.5 Å². The van der Waals surface area contributed by atoms with Crippen molar-refractivity contribution in [1.29, 1.82) is 0 Å². The Morgan fingerprint density at radius 1 is 1.18 bits per heavy atom. The van der Waals surface area contributed by atoms with Crippen LogP contribution in [0.3, 0.4) is 0 Å². The summed E-state index contributed by atoms with van der Waals surface area (Å²) in [5, 5.41) is 4.79. The molecular formula is C20H22N2O4S2. The van der Waals surface area contributed by atoms with Crippen LogP contribution in [0.25, 0.3) is 0 Å². The second-order valence-electron chi connectivity index (χ2n) is 6.42. The third-order valence-electron chi connectivity index (χ3n) is 4.20. The van der Waals surface area contributed by atoms with Gasteiger partial charge >= 0.3 is 0 Å². The molecule has 0 bridgehead atoms. The first-order valence-corrected chi connectivity index (χ1v) is 11.3. The number of rotatable bonds is 9. The molecule has 148 valence electrons. The molecule has 0 saturated carbocycles. The molecule has 28 heavy (non-hydrogen) atoms. The highest BCUT2D eigenvalue weighted by Gasteiger charge is 2.17. The number of thiophene rings is 1. The zero-order chi connectivity index (χ0) is 20.0. The standard InChI is InChI=1S/C20H22N2O4S2/c1-15(9-10-17-6-3-11-26-17)22-20(23)16-5-2-8-19(13-16)28(24,25)21-14-18-7-4-12-27-18/h2-8,11-13,15,21H,9-10,14H2,1H3,(H,22,23). The van der Waals surface area contributed by atoms with Gasteiger partial charge in [0.05, 0.1) is 11.2 Å². The lowest BCUT2D eigenvalue weighted by atomic mass is 10.1. The molecule has 2 heterocycles. The van der Waals surface area contributed by atoms with E-state index in [1.54, 1.807) is 18.4 Å². The molecule has 1 atom stereocenters. The van der Waals surface area contributed by atoms with E-state index in [4.69, 9.17) is 4.42 Å². The maximum atomic E-state index is 12.5. The second kappa shape index (κ2) is 9.18. The number of benzene rings is 1. The topological polar surface area (TPSA) is 88.4 Å². The fraction of sp³-hybridized carbons (Fsp3) is 0.250. The molecule has 0 fully saturated rings. The maximum Gasteiger partial charge on any atom is 0.251 e. The number of amides is 1. The van der Waals surface area contributed by atoms with Crippen molar-refractivity contribution in [3.8, 4) is 0 Å². The minimum absolute atomic E-state index is 0.0694. The third kappa shape index (κ3) is 5.54. The lowest BCUT2D eigenvalue weighted by molar-refractivity contribution is 0.0938. The van der Waals surface area contributed by atoms with E-state index >= 15 is 0 Å². The molecule has 0 saturated heterocycles. The van der Waals surface area contributed by atoms with Gasteiger partial charge in [0.15, 0.2) is 0 Å². The molecule has 2 N–H and O–H groups in total. The van der Waals surface area contributed by atoms with Crippen LogP contribution in [0, 0.1) is 0 Å². The summed E-state index contributed by atoms with van der Waals surface area (Å²) in [5.74, 6) is 0.563. The normalized spacial score (nSPS) is 12.6. The minimum Gasteiger partial charge on any atom is -0.469 e. The summed E-state index contributed by atoms with van der Waals surface area (Å²) in [6, 6.07) is 13.4. The predicted octanol–water partition coefficient (Wildman–Crippen LogP) is 3.57. The van der Waals surface area contributed by atoms with E-state index < -0.39 is 10.0 Å². The van der Waals surface area contributed by atoms with Crippen LogP contribution < -0.4 is 10.0 Å². The Labute approximate surface area is 168 Å². The first-order chi connectivity index (χ1) is 13.4. The Hall–Kier alpha value is -2.42. The van der Waals surface area contributed by atoms with Crippen LogP contribution in [-0.4, -0.2) is 20.4 Å². The number of carbonyl (C=O) groups is 1. The van der Waals surface area contributed by atoms with Gasteiger partial charge in [0, 0.05) is 29.4 Å². The number of nitrogens with one attached hydrogen (secondary N) is 2. The van der Waals surface area contributed by atoms with Crippen molar-refractivity contribution in [2.45, 2.75) is 37.2 Å². The molecule has 2 aromatic heterocycles. The van der Waals surface area contributed by atoms with Crippen molar-refractivity contribution in [1.82, 2.24) is 10.0 Å². The molecular weight excluding hydrogens is 396 g/mol. The van der Waals surface area contributed by atoms with E-state index in [0.29, 0.717) is 5.56 Å². The lowest BCUT2D eigenvalue weighted by Crippen LogP contribution is -2.33. The Bertz CT molecular complexity index is 997. The average Bonchev–Trinajstić information content (AvgIpc) is 3.39. The highest BCUT2D eigenvalue weighted by molar-refractivity contribution is 7.89. The quantitative estimate of drug-likeness (QED) is 0.556. The van der Waals surface area contributed by atoms with Crippen LogP contribution in [-0.2, 0) is 23.0 Å². The van der Waals surface area contributed by atoms with E-state index in [2.05, 4.69) is 10.0 Å². The summed E-state index contributed by atoms with van der Waals surface area (Å²) in [7, 11) is -3.70. The van der Waals surface area contributed by atoms with E-state index in [1.165, 1.54) is 23.5 Å². The number of hydrogen-bond donors (Lipinski definition) is 2. The zero-order valence-electron chi connectivity index (χ0n) is 15.4. The molecule has 0 aliphatic heterocycles. The van der Waals surface area contributed by atoms with Crippen molar-refractivity contribution in [2.75, 3.05) is 0 Å². The van der Waals surface area contributed by atoms with Crippen LogP contribution in [0.15, 0.2) is 69.5 Å². The van der Waals surface area contributed by atoms with Gasteiger partial charge in [-0.05, 0) is 55.1 Å². The first kappa shape index (κ1) is 20.3.